The van der Waals surface area contributed by atoms with Crippen LogP contribution in [0.15, 0.2) is 46.9 Å². The Balaban J connectivity index is 2.08. The second kappa shape index (κ2) is 5.86. The van der Waals surface area contributed by atoms with Crippen LogP contribution in [0.5, 0.6) is 0 Å². The van der Waals surface area contributed by atoms with Gasteiger partial charge in [-0.2, -0.15) is 10.2 Å². The molecule has 0 spiro atoms. The Morgan fingerprint density at radius 3 is 2.45 bits per heavy atom. The van der Waals surface area contributed by atoms with Crippen molar-refractivity contribution in [2.75, 3.05) is 0 Å². The molecule has 1 unspecified atom stereocenters. The molecule has 1 atom stereocenters. The Labute approximate surface area is 119 Å². The zero-order chi connectivity index (χ0) is 14.6. The van der Waals surface area contributed by atoms with E-state index in [4.69, 9.17) is 0 Å². The molecule has 2 aromatic rings. The van der Waals surface area contributed by atoms with E-state index in [1.807, 2.05) is 31.2 Å². The summed E-state index contributed by atoms with van der Waals surface area (Å²) in [7, 11) is 0. The lowest BCUT2D eigenvalue weighted by Gasteiger charge is -2.15. The second-order valence-corrected chi connectivity index (χ2v) is 5.70. The van der Waals surface area contributed by atoms with Crippen molar-refractivity contribution in [3.05, 3.63) is 47.9 Å². The summed E-state index contributed by atoms with van der Waals surface area (Å²) < 4.78 is 0. The molecule has 0 aliphatic rings. The molecule has 0 amide bonds. The van der Waals surface area contributed by atoms with Crippen molar-refractivity contribution in [2.24, 2.45) is 10.2 Å². The molecular formula is C15H19N5. The van der Waals surface area contributed by atoms with Crippen LogP contribution in [0.4, 0.5) is 5.82 Å². The van der Waals surface area contributed by atoms with Gasteiger partial charge >= 0.3 is 0 Å². The average Bonchev–Trinajstić information content (AvgIpc) is 2.45. The van der Waals surface area contributed by atoms with E-state index in [1.54, 1.807) is 12.4 Å². The van der Waals surface area contributed by atoms with Crippen molar-refractivity contribution in [1.82, 2.24) is 15.2 Å². The van der Waals surface area contributed by atoms with Gasteiger partial charge in [0.05, 0.1) is 11.7 Å². The lowest BCUT2D eigenvalue weighted by molar-refractivity contribution is 0.558. The minimum Gasteiger partial charge on any atom is -0.264 e. The maximum atomic E-state index is 4.24. The van der Waals surface area contributed by atoms with Crippen molar-refractivity contribution in [2.45, 2.75) is 39.2 Å². The predicted molar refractivity (Wildman–Crippen MR) is 77.9 cm³/mol. The van der Waals surface area contributed by atoms with Crippen LogP contribution in [-0.4, -0.2) is 15.2 Å². The van der Waals surface area contributed by atoms with E-state index in [2.05, 4.69) is 46.2 Å². The molecule has 0 N–H and O–H groups in total. The third kappa shape index (κ3) is 3.66. The highest BCUT2D eigenvalue weighted by Gasteiger charge is 2.15. The van der Waals surface area contributed by atoms with Gasteiger partial charge in [-0.3, -0.25) is 4.98 Å². The molecule has 2 heterocycles. The summed E-state index contributed by atoms with van der Waals surface area (Å²) in [4.78, 5) is 4.07. The van der Waals surface area contributed by atoms with Crippen molar-refractivity contribution in [1.29, 1.82) is 0 Å². The Morgan fingerprint density at radius 2 is 1.90 bits per heavy atom. The van der Waals surface area contributed by atoms with Crippen LogP contribution in [0.2, 0.25) is 0 Å². The van der Waals surface area contributed by atoms with Gasteiger partial charge in [-0.05, 0) is 30.7 Å². The fourth-order valence-electron chi connectivity index (χ4n) is 1.61. The molecule has 0 saturated heterocycles. The van der Waals surface area contributed by atoms with E-state index in [-0.39, 0.29) is 11.5 Å². The van der Waals surface area contributed by atoms with Crippen molar-refractivity contribution in [3.63, 3.8) is 0 Å². The summed E-state index contributed by atoms with van der Waals surface area (Å²) in [6.45, 7) is 8.27. The molecule has 0 aromatic carbocycles. The first-order valence-corrected chi connectivity index (χ1v) is 6.62. The van der Waals surface area contributed by atoms with E-state index in [0.29, 0.717) is 5.82 Å². The fraction of sp³-hybridized carbons (Fsp3) is 0.400. The van der Waals surface area contributed by atoms with Crippen LogP contribution < -0.4 is 0 Å². The Hall–Kier alpha value is -2.17. The standard InChI is InChI=1S/C15H19N5/c1-11(12-6-5-9-16-10-12)17-19-14-8-7-13(18-20-14)15(2,3)4/h5-11H,1-4H3. The molecule has 0 aliphatic carbocycles. The van der Waals surface area contributed by atoms with Crippen LogP contribution in [0.1, 0.15) is 45.0 Å². The summed E-state index contributed by atoms with van der Waals surface area (Å²) in [5.74, 6) is 0.522. The Morgan fingerprint density at radius 1 is 1.10 bits per heavy atom. The molecule has 0 radical (unpaired) electrons. The Kier molecular flexibility index (Phi) is 4.17. The number of hydrogen-bond acceptors (Lipinski definition) is 5. The minimum atomic E-state index is -0.0483. The molecule has 5 nitrogen and oxygen atoms in total. The van der Waals surface area contributed by atoms with Crippen LogP contribution >= 0.6 is 0 Å². The summed E-state index contributed by atoms with van der Waals surface area (Å²) in [6.07, 6.45) is 3.53. The molecule has 2 aromatic heterocycles. The highest BCUT2D eigenvalue weighted by atomic mass is 15.2. The smallest absolute Gasteiger partial charge is 0.195 e. The normalized spacial score (nSPS) is 13.6. The number of rotatable bonds is 3. The van der Waals surface area contributed by atoms with Gasteiger partial charge in [-0.1, -0.05) is 26.8 Å². The fourth-order valence-corrected chi connectivity index (χ4v) is 1.61. The molecular weight excluding hydrogens is 250 g/mol. The van der Waals surface area contributed by atoms with E-state index < -0.39 is 0 Å². The molecule has 20 heavy (non-hydrogen) atoms. The zero-order valence-corrected chi connectivity index (χ0v) is 12.3. The van der Waals surface area contributed by atoms with E-state index >= 15 is 0 Å². The Bertz CT molecular complexity index is 569. The first-order valence-electron chi connectivity index (χ1n) is 6.62. The van der Waals surface area contributed by atoms with Gasteiger partial charge in [-0.15, -0.1) is 10.2 Å². The number of azo groups is 1. The quantitative estimate of drug-likeness (QED) is 0.791. The van der Waals surface area contributed by atoms with E-state index in [1.165, 1.54) is 0 Å². The maximum absolute atomic E-state index is 4.24. The molecule has 0 bridgehead atoms. The third-order valence-corrected chi connectivity index (χ3v) is 2.92. The van der Waals surface area contributed by atoms with Gasteiger partial charge in [0, 0.05) is 17.8 Å². The van der Waals surface area contributed by atoms with Gasteiger partial charge in [0.25, 0.3) is 0 Å². The van der Waals surface area contributed by atoms with E-state index in [9.17, 15) is 0 Å². The topological polar surface area (TPSA) is 63.4 Å². The van der Waals surface area contributed by atoms with Crippen LogP contribution in [0, 0.1) is 0 Å². The number of aromatic nitrogens is 3. The summed E-state index contributed by atoms with van der Waals surface area (Å²) >= 11 is 0. The lowest BCUT2D eigenvalue weighted by atomic mass is 9.92. The number of hydrogen-bond donors (Lipinski definition) is 0. The van der Waals surface area contributed by atoms with Gasteiger partial charge in [0.15, 0.2) is 5.82 Å². The zero-order valence-electron chi connectivity index (χ0n) is 12.3. The van der Waals surface area contributed by atoms with Gasteiger partial charge in [0.2, 0.25) is 0 Å². The van der Waals surface area contributed by atoms with Gasteiger partial charge < -0.3 is 0 Å². The van der Waals surface area contributed by atoms with Gasteiger partial charge in [0.1, 0.15) is 0 Å². The third-order valence-electron chi connectivity index (χ3n) is 2.92. The molecule has 5 heteroatoms. The van der Waals surface area contributed by atoms with Crippen molar-refractivity contribution in [3.8, 4) is 0 Å². The van der Waals surface area contributed by atoms with E-state index in [0.717, 1.165) is 11.3 Å². The maximum Gasteiger partial charge on any atom is 0.195 e. The summed E-state index contributed by atoms with van der Waals surface area (Å²) in [5.41, 5.74) is 1.96. The van der Waals surface area contributed by atoms with Crippen molar-refractivity contribution >= 4 is 5.82 Å². The lowest BCUT2D eigenvalue weighted by Crippen LogP contribution is -2.13. The minimum absolute atomic E-state index is 0.00826. The second-order valence-electron chi connectivity index (χ2n) is 5.70. The largest absolute Gasteiger partial charge is 0.264 e. The number of nitrogens with zero attached hydrogens (tertiary/aromatic N) is 5. The first-order chi connectivity index (χ1) is 9.47. The van der Waals surface area contributed by atoms with Gasteiger partial charge in [-0.25, -0.2) is 0 Å². The van der Waals surface area contributed by atoms with Crippen LogP contribution in [-0.2, 0) is 5.41 Å². The predicted octanol–water partition coefficient (Wildman–Crippen LogP) is 4.01. The highest BCUT2D eigenvalue weighted by molar-refractivity contribution is 5.26. The van der Waals surface area contributed by atoms with Crippen LogP contribution in [0.25, 0.3) is 0 Å². The van der Waals surface area contributed by atoms with Crippen molar-refractivity contribution < 1.29 is 0 Å². The van der Waals surface area contributed by atoms with Crippen LogP contribution in [0.3, 0.4) is 0 Å². The molecule has 0 saturated carbocycles. The molecule has 104 valence electrons. The molecule has 0 fully saturated rings. The summed E-state index contributed by atoms with van der Waals surface area (Å²) in [6, 6.07) is 7.60. The molecule has 2 rings (SSSR count). The summed E-state index contributed by atoms with van der Waals surface area (Å²) in [5, 5.41) is 16.6. The molecule has 0 aliphatic heterocycles. The number of pyridine rings is 1. The first kappa shape index (κ1) is 14.2. The SMILES string of the molecule is CC(N=Nc1ccc(C(C)(C)C)nn1)c1cccnc1. The highest BCUT2D eigenvalue weighted by Crippen LogP contribution is 2.21. The monoisotopic (exact) mass is 269 g/mol. The average molecular weight is 269 g/mol.